The molecule has 1 N–H and O–H groups in total. The summed E-state index contributed by atoms with van der Waals surface area (Å²) in [7, 11) is 5.28. The number of carbonyl (C=O) groups is 2. The number of hydrogen-bond acceptors (Lipinski definition) is 9. The first-order valence-corrected chi connectivity index (χ1v) is 17.3. The zero-order valence-corrected chi connectivity index (χ0v) is 28.5. The quantitative estimate of drug-likeness (QED) is 0.412. The molecule has 11 heteroatoms. The van der Waals surface area contributed by atoms with Crippen molar-refractivity contribution < 1.29 is 14.3 Å². The summed E-state index contributed by atoms with van der Waals surface area (Å²) in [5, 5.41) is 3.30. The highest BCUT2D eigenvalue weighted by molar-refractivity contribution is 6.04. The number of ether oxygens (including phenoxy) is 1. The summed E-state index contributed by atoms with van der Waals surface area (Å²) in [6.45, 7) is 12.2. The lowest BCUT2D eigenvalue weighted by atomic mass is 9.89. The van der Waals surface area contributed by atoms with E-state index in [2.05, 4.69) is 38.8 Å². The standard InChI is InChI=1S/C35H52N8O3/c1-7-28-34(45)39(4)30-21-36-35(38-32(30)43(28)23(2)3)40(5)29-15-10-25(20-31(29)46-6)33(44)37-26-11-13-27(14-12-26)42-18-16-41(17-19-42)22-24-8-9-24/h10,15,20-21,23-24,26-28H,7-9,11-14,16-19,22H2,1-6H3,(H,37,44)/t26?,27?,28-/m1/s1. The number of anilines is 4. The van der Waals surface area contributed by atoms with Crippen molar-refractivity contribution >= 4 is 35.0 Å². The molecule has 2 saturated carbocycles. The number of hydrogen-bond donors (Lipinski definition) is 1. The molecular formula is C35H52N8O3. The van der Waals surface area contributed by atoms with Gasteiger partial charge in [-0.3, -0.25) is 14.5 Å². The molecule has 2 aliphatic carbocycles. The number of methoxy groups -OCH3 is 1. The Morgan fingerprint density at radius 1 is 1.09 bits per heavy atom. The summed E-state index contributed by atoms with van der Waals surface area (Å²) in [6, 6.07) is 6.17. The second-order valence-electron chi connectivity index (χ2n) is 13.9. The molecule has 1 aromatic carbocycles. The molecule has 3 fully saturated rings. The summed E-state index contributed by atoms with van der Waals surface area (Å²) in [5.74, 6) is 2.74. The maximum Gasteiger partial charge on any atom is 0.251 e. The van der Waals surface area contributed by atoms with E-state index < -0.39 is 0 Å². The van der Waals surface area contributed by atoms with Crippen molar-refractivity contribution in [3.63, 3.8) is 0 Å². The molecule has 1 aromatic heterocycles. The van der Waals surface area contributed by atoms with Crippen LogP contribution in [0, 0.1) is 5.92 Å². The SMILES string of the molecule is CC[C@@H]1C(=O)N(C)c2cnc(N(C)c3ccc(C(=O)NC4CCC(N5CCN(CC6CC6)CC5)CC4)cc3OC)nc2N1C(C)C. The Balaban J connectivity index is 1.08. The first kappa shape index (κ1) is 32.5. The Hall–Kier alpha value is -3.44. The highest BCUT2D eigenvalue weighted by Crippen LogP contribution is 2.39. The summed E-state index contributed by atoms with van der Waals surface area (Å²) in [5.41, 5.74) is 2.02. The molecule has 2 aromatic rings. The number of rotatable bonds is 10. The summed E-state index contributed by atoms with van der Waals surface area (Å²) in [6.07, 6.45) is 9.55. The predicted molar refractivity (Wildman–Crippen MR) is 182 cm³/mol. The van der Waals surface area contributed by atoms with E-state index in [0.717, 1.165) is 43.1 Å². The Bertz CT molecular complexity index is 1400. The van der Waals surface area contributed by atoms with E-state index in [1.807, 2.05) is 31.0 Å². The largest absolute Gasteiger partial charge is 0.495 e. The monoisotopic (exact) mass is 632 g/mol. The molecule has 250 valence electrons. The smallest absolute Gasteiger partial charge is 0.251 e. The average molecular weight is 633 g/mol. The molecule has 0 unspecified atom stereocenters. The van der Waals surface area contributed by atoms with Gasteiger partial charge in [-0.05, 0) is 82.9 Å². The van der Waals surface area contributed by atoms with Crippen molar-refractivity contribution in [1.29, 1.82) is 0 Å². The van der Waals surface area contributed by atoms with Gasteiger partial charge in [0.05, 0.1) is 19.0 Å². The van der Waals surface area contributed by atoms with E-state index in [0.29, 0.717) is 35.4 Å². The number of fused-ring (bicyclic) bond motifs is 1. The van der Waals surface area contributed by atoms with Crippen LogP contribution in [0.2, 0.25) is 0 Å². The van der Waals surface area contributed by atoms with Gasteiger partial charge < -0.3 is 29.7 Å². The summed E-state index contributed by atoms with van der Waals surface area (Å²) in [4.78, 5) is 46.9. The van der Waals surface area contributed by atoms with Crippen molar-refractivity contribution in [3.8, 4) is 5.75 Å². The van der Waals surface area contributed by atoms with Gasteiger partial charge in [0.2, 0.25) is 11.9 Å². The van der Waals surface area contributed by atoms with Crippen LogP contribution in [0.25, 0.3) is 0 Å². The van der Waals surface area contributed by atoms with Gasteiger partial charge in [-0.15, -0.1) is 0 Å². The second-order valence-corrected chi connectivity index (χ2v) is 13.9. The van der Waals surface area contributed by atoms with Gasteiger partial charge in [0.25, 0.3) is 5.91 Å². The van der Waals surface area contributed by atoms with Crippen LogP contribution < -0.4 is 24.8 Å². The van der Waals surface area contributed by atoms with Crippen LogP contribution >= 0.6 is 0 Å². The molecule has 0 spiro atoms. The molecule has 0 radical (unpaired) electrons. The topological polar surface area (TPSA) is 97.4 Å². The van der Waals surface area contributed by atoms with Crippen molar-refractivity contribution in [2.24, 2.45) is 5.92 Å². The Kier molecular flexibility index (Phi) is 9.70. The van der Waals surface area contributed by atoms with E-state index >= 15 is 0 Å². The first-order valence-electron chi connectivity index (χ1n) is 17.3. The van der Waals surface area contributed by atoms with Crippen molar-refractivity contribution in [2.75, 3.05) is 68.6 Å². The highest BCUT2D eigenvalue weighted by Gasteiger charge is 2.39. The third kappa shape index (κ3) is 6.67. The molecule has 1 atom stereocenters. The number of carbonyl (C=O) groups excluding carboxylic acids is 2. The second kappa shape index (κ2) is 13.7. The minimum absolute atomic E-state index is 0.0504. The molecule has 46 heavy (non-hydrogen) atoms. The van der Waals surface area contributed by atoms with Gasteiger partial charge in [-0.25, -0.2) is 4.98 Å². The van der Waals surface area contributed by atoms with Gasteiger partial charge in [-0.2, -0.15) is 4.98 Å². The summed E-state index contributed by atoms with van der Waals surface area (Å²) >= 11 is 0. The van der Waals surface area contributed by atoms with E-state index in [-0.39, 0.29) is 29.9 Å². The van der Waals surface area contributed by atoms with Crippen LogP contribution in [-0.4, -0.2) is 110 Å². The van der Waals surface area contributed by atoms with Gasteiger partial charge in [0.15, 0.2) is 5.82 Å². The molecule has 4 aliphatic rings. The zero-order valence-electron chi connectivity index (χ0n) is 28.5. The molecule has 2 aliphatic heterocycles. The summed E-state index contributed by atoms with van der Waals surface area (Å²) < 4.78 is 5.77. The lowest BCUT2D eigenvalue weighted by Gasteiger charge is -2.42. The maximum absolute atomic E-state index is 13.4. The van der Waals surface area contributed by atoms with Crippen LogP contribution in [0.1, 0.15) is 76.1 Å². The third-order valence-electron chi connectivity index (χ3n) is 10.5. The predicted octanol–water partition coefficient (Wildman–Crippen LogP) is 4.29. The van der Waals surface area contributed by atoms with Gasteiger partial charge in [0, 0.05) is 70.5 Å². The number of aromatic nitrogens is 2. The van der Waals surface area contributed by atoms with E-state index in [1.165, 1.54) is 45.6 Å². The molecule has 6 rings (SSSR count). The van der Waals surface area contributed by atoms with E-state index in [1.54, 1.807) is 31.3 Å². The first-order chi connectivity index (χ1) is 22.2. The average Bonchev–Trinajstić information content (AvgIpc) is 3.90. The molecule has 3 heterocycles. The van der Waals surface area contributed by atoms with Crippen LogP contribution in [0.3, 0.4) is 0 Å². The van der Waals surface area contributed by atoms with E-state index in [9.17, 15) is 9.59 Å². The number of likely N-dealkylation sites (N-methyl/N-ethyl adjacent to an activating group) is 1. The third-order valence-corrected chi connectivity index (χ3v) is 10.5. The molecule has 0 bridgehead atoms. The Morgan fingerprint density at radius 3 is 2.43 bits per heavy atom. The molecule has 11 nitrogen and oxygen atoms in total. The maximum atomic E-state index is 13.4. The number of nitrogens with one attached hydrogen (secondary N) is 1. The fraction of sp³-hybridized carbons (Fsp3) is 0.657. The van der Waals surface area contributed by atoms with Gasteiger partial charge in [-0.1, -0.05) is 6.92 Å². The minimum atomic E-state index is -0.278. The highest BCUT2D eigenvalue weighted by atomic mass is 16.5. The number of nitrogens with zero attached hydrogens (tertiary/aromatic N) is 7. The van der Waals surface area contributed by atoms with Crippen molar-refractivity contribution in [2.45, 2.75) is 89.9 Å². The fourth-order valence-corrected chi connectivity index (χ4v) is 7.56. The lowest BCUT2D eigenvalue weighted by molar-refractivity contribution is -0.120. The van der Waals surface area contributed by atoms with Crippen molar-refractivity contribution in [1.82, 2.24) is 25.1 Å². The fourth-order valence-electron chi connectivity index (χ4n) is 7.56. The van der Waals surface area contributed by atoms with Crippen LogP contribution in [0.4, 0.5) is 23.1 Å². The molecule has 1 saturated heterocycles. The zero-order chi connectivity index (χ0) is 32.5. The van der Waals surface area contributed by atoms with Crippen LogP contribution in [-0.2, 0) is 4.79 Å². The Morgan fingerprint density at radius 2 is 1.80 bits per heavy atom. The number of piperazine rings is 1. The van der Waals surface area contributed by atoms with E-state index in [4.69, 9.17) is 9.72 Å². The van der Waals surface area contributed by atoms with Crippen LogP contribution in [0.15, 0.2) is 24.4 Å². The van der Waals surface area contributed by atoms with Gasteiger partial charge in [0.1, 0.15) is 17.5 Å². The van der Waals surface area contributed by atoms with Crippen molar-refractivity contribution in [3.05, 3.63) is 30.0 Å². The normalized spacial score (nSPS) is 24.2. The minimum Gasteiger partial charge on any atom is -0.495 e. The number of benzene rings is 1. The number of amides is 2. The van der Waals surface area contributed by atoms with Crippen LogP contribution in [0.5, 0.6) is 5.75 Å². The van der Waals surface area contributed by atoms with Gasteiger partial charge >= 0.3 is 0 Å². The molecule has 2 amide bonds. The lowest BCUT2D eigenvalue weighted by Crippen LogP contribution is -2.55. The Labute approximate surface area is 274 Å². The molecular weight excluding hydrogens is 580 g/mol.